The topological polar surface area (TPSA) is 107 Å². The highest BCUT2D eigenvalue weighted by Crippen LogP contribution is 2.23. The summed E-state index contributed by atoms with van der Waals surface area (Å²) in [6, 6.07) is 4.54. The van der Waals surface area contributed by atoms with E-state index in [0.29, 0.717) is 29.7 Å². The van der Waals surface area contributed by atoms with Crippen LogP contribution in [0.3, 0.4) is 0 Å². The van der Waals surface area contributed by atoms with Gasteiger partial charge < -0.3 is 20.0 Å². The number of amides is 2. The maximum absolute atomic E-state index is 12.6. The van der Waals surface area contributed by atoms with E-state index in [2.05, 4.69) is 15.3 Å². The molecule has 25 heavy (non-hydrogen) atoms. The van der Waals surface area contributed by atoms with Crippen LogP contribution in [-0.4, -0.2) is 45.1 Å². The molecule has 1 aliphatic rings. The molecule has 1 fully saturated rings. The Balaban J connectivity index is 1.72. The number of imidazole rings is 1. The molecule has 2 aromatic rings. The summed E-state index contributed by atoms with van der Waals surface area (Å²) in [6.45, 7) is 5.88. The molecule has 2 heterocycles. The van der Waals surface area contributed by atoms with Gasteiger partial charge in [0, 0.05) is 12.2 Å². The molecule has 1 aliphatic heterocycles. The van der Waals surface area contributed by atoms with Crippen LogP contribution in [0.25, 0.3) is 11.0 Å². The number of aromatic nitrogens is 2. The highest BCUT2D eigenvalue weighted by molar-refractivity contribution is 5.98. The number of nitrogens with zero attached hydrogens (tertiary/aromatic N) is 1. The maximum Gasteiger partial charge on any atom is 0.410 e. The third-order valence-corrected chi connectivity index (χ3v) is 3.97. The standard InChI is InChI=1S/C17H22N4O4/c1-17(2,3)25-16(24)21-8-4-5-13(21)14(22)18-10-6-7-11-12(9-10)20-15(23)19-11/h6-7,9,13H,4-5,8H2,1-3H3,(H,18,22)(H2,19,20,23)/t13-/m1/s1. The predicted octanol–water partition coefficient (Wildman–Crippen LogP) is 2.19. The average molecular weight is 346 g/mol. The second kappa shape index (κ2) is 6.27. The molecule has 0 aliphatic carbocycles. The van der Waals surface area contributed by atoms with Crippen LogP contribution in [0.4, 0.5) is 10.5 Å². The molecule has 0 unspecified atom stereocenters. The zero-order chi connectivity index (χ0) is 18.2. The molecular formula is C17H22N4O4. The highest BCUT2D eigenvalue weighted by atomic mass is 16.6. The van der Waals surface area contributed by atoms with Crippen molar-refractivity contribution in [3.63, 3.8) is 0 Å². The van der Waals surface area contributed by atoms with Gasteiger partial charge in [-0.25, -0.2) is 9.59 Å². The SMILES string of the molecule is CC(C)(C)OC(=O)N1CCC[C@@H]1C(=O)Nc1ccc2[nH]c(=O)[nH]c2c1. The van der Waals surface area contributed by atoms with Crippen molar-refractivity contribution in [1.82, 2.24) is 14.9 Å². The quantitative estimate of drug-likeness (QED) is 0.775. The number of rotatable bonds is 2. The number of nitrogens with one attached hydrogen (secondary N) is 3. The fourth-order valence-corrected chi connectivity index (χ4v) is 2.91. The first-order chi connectivity index (χ1) is 11.7. The van der Waals surface area contributed by atoms with Gasteiger partial charge in [-0.1, -0.05) is 0 Å². The Morgan fingerprint density at radius 3 is 2.68 bits per heavy atom. The van der Waals surface area contributed by atoms with E-state index in [9.17, 15) is 14.4 Å². The molecule has 3 N–H and O–H groups in total. The van der Waals surface area contributed by atoms with Crippen LogP contribution in [-0.2, 0) is 9.53 Å². The molecule has 3 rings (SSSR count). The van der Waals surface area contributed by atoms with Gasteiger partial charge in [-0.3, -0.25) is 9.69 Å². The molecule has 0 spiro atoms. The first-order valence-electron chi connectivity index (χ1n) is 8.25. The molecule has 1 saturated heterocycles. The number of carbonyl (C=O) groups excluding carboxylic acids is 2. The summed E-state index contributed by atoms with van der Waals surface area (Å²) in [4.78, 5) is 43.0. The van der Waals surface area contributed by atoms with Crippen LogP contribution < -0.4 is 11.0 Å². The van der Waals surface area contributed by atoms with Gasteiger partial charge in [0.05, 0.1) is 11.0 Å². The van der Waals surface area contributed by atoms with E-state index in [1.165, 1.54) is 4.90 Å². The zero-order valence-corrected chi connectivity index (χ0v) is 14.5. The lowest BCUT2D eigenvalue weighted by Gasteiger charge is -2.28. The van der Waals surface area contributed by atoms with Gasteiger partial charge in [0.15, 0.2) is 0 Å². The molecule has 8 heteroatoms. The normalized spacial score (nSPS) is 17.7. The van der Waals surface area contributed by atoms with Gasteiger partial charge in [-0.2, -0.15) is 0 Å². The van der Waals surface area contributed by atoms with Gasteiger partial charge >= 0.3 is 11.8 Å². The zero-order valence-electron chi connectivity index (χ0n) is 14.5. The number of carbonyl (C=O) groups is 2. The average Bonchev–Trinajstić information content (AvgIpc) is 3.10. The van der Waals surface area contributed by atoms with Crippen molar-refractivity contribution in [2.75, 3.05) is 11.9 Å². The highest BCUT2D eigenvalue weighted by Gasteiger charge is 2.36. The molecule has 8 nitrogen and oxygen atoms in total. The molecule has 0 saturated carbocycles. The fourth-order valence-electron chi connectivity index (χ4n) is 2.91. The molecule has 0 bridgehead atoms. The molecule has 1 aromatic heterocycles. The Hall–Kier alpha value is -2.77. The number of likely N-dealkylation sites (tertiary alicyclic amines) is 1. The summed E-state index contributed by atoms with van der Waals surface area (Å²) in [5, 5.41) is 2.81. The summed E-state index contributed by atoms with van der Waals surface area (Å²) >= 11 is 0. The number of H-pyrrole nitrogens is 2. The number of fused-ring (bicyclic) bond motifs is 1. The lowest BCUT2D eigenvalue weighted by molar-refractivity contribution is -0.120. The number of hydrogen-bond acceptors (Lipinski definition) is 4. The Morgan fingerprint density at radius 2 is 1.96 bits per heavy atom. The van der Waals surface area contributed by atoms with Gasteiger partial charge in [0.25, 0.3) is 0 Å². The van der Waals surface area contributed by atoms with E-state index in [0.717, 1.165) is 6.42 Å². The lowest BCUT2D eigenvalue weighted by Crippen LogP contribution is -2.45. The van der Waals surface area contributed by atoms with Crippen LogP contribution in [0.2, 0.25) is 0 Å². The van der Waals surface area contributed by atoms with E-state index in [4.69, 9.17) is 4.74 Å². The van der Waals surface area contributed by atoms with E-state index in [1.807, 2.05) is 0 Å². The first kappa shape index (κ1) is 17.1. The molecule has 1 atom stereocenters. The van der Waals surface area contributed by atoms with Gasteiger partial charge in [-0.15, -0.1) is 0 Å². The predicted molar refractivity (Wildman–Crippen MR) is 93.5 cm³/mol. The van der Waals surface area contributed by atoms with Gasteiger partial charge in [0.1, 0.15) is 11.6 Å². The molecule has 2 amide bonds. The minimum Gasteiger partial charge on any atom is -0.444 e. The second-order valence-electron chi connectivity index (χ2n) is 7.16. The smallest absolute Gasteiger partial charge is 0.410 e. The van der Waals surface area contributed by atoms with Gasteiger partial charge in [0.2, 0.25) is 5.91 Å². The molecule has 0 radical (unpaired) electrons. The van der Waals surface area contributed by atoms with E-state index >= 15 is 0 Å². The summed E-state index contributed by atoms with van der Waals surface area (Å²) in [7, 11) is 0. The number of anilines is 1. The Bertz CT molecular complexity index is 861. The van der Waals surface area contributed by atoms with Crippen molar-refractivity contribution in [2.24, 2.45) is 0 Å². The van der Waals surface area contributed by atoms with Crippen LogP contribution in [0.1, 0.15) is 33.6 Å². The van der Waals surface area contributed by atoms with Gasteiger partial charge in [-0.05, 0) is 51.8 Å². The van der Waals surface area contributed by atoms with E-state index in [1.54, 1.807) is 39.0 Å². The van der Waals surface area contributed by atoms with Crippen LogP contribution >= 0.6 is 0 Å². The summed E-state index contributed by atoms with van der Waals surface area (Å²) in [6.07, 6.45) is 0.867. The van der Waals surface area contributed by atoms with Crippen LogP contribution in [0.15, 0.2) is 23.0 Å². The monoisotopic (exact) mass is 346 g/mol. The fraction of sp³-hybridized carbons (Fsp3) is 0.471. The summed E-state index contributed by atoms with van der Waals surface area (Å²) in [5.74, 6) is -0.263. The Labute approximate surface area is 144 Å². The summed E-state index contributed by atoms with van der Waals surface area (Å²) < 4.78 is 5.38. The number of ether oxygens (including phenoxy) is 1. The minimum atomic E-state index is -0.605. The molecular weight excluding hydrogens is 324 g/mol. The lowest BCUT2D eigenvalue weighted by atomic mass is 10.2. The van der Waals surface area contributed by atoms with Crippen molar-refractivity contribution in [1.29, 1.82) is 0 Å². The van der Waals surface area contributed by atoms with Crippen molar-refractivity contribution >= 4 is 28.7 Å². The van der Waals surface area contributed by atoms with E-state index in [-0.39, 0.29) is 11.6 Å². The van der Waals surface area contributed by atoms with Crippen LogP contribution in [0.5, 0.6) is 0 Å². The first-order valence-corrected chi connectivity index (χ1v) is 8.25. The Morgan fingerprint density at radius 1 is 1.24 bits per heavy atom. The largest absolute Gasteiger partial charge is 0.444 e. The maximum atomic E-state index is 12.6. The van der Waals surface area contributed by atoms with Crippen LogP contribution in [0, 0.1) is 0 Å². The molecule has 134 valence electrons. The van der Waals surface area contributed by atoms with Crippen molar-refractivity contribution in [3.8, 4) is 0 Å². The van der Waals surface area contributed by atoms with Crippen molar-refractivity contribution < 1.29 is 14.3 Å². The van der Waals surface area contributed by atoms with E-state index < -0.39 is 17.7 Å². The molecule has 1 aromatic carbocycles. The minimum absolute atomic E-state index is 0.263. The third kappa shape index (κ3) is 3.84. The second-order valence-corrected chi connectivity index (χ2v) is 7.16. The Kier molecular flexibility index (Phi) is 4.28. The summed E-state index contributed by atoms with van der Waals surface area (Å²) in [5.41, 5.74) is 0.929. The number of hydrogen-bond donors (Lipinski definition) is 3. The number of aromatic amines is 2. The van der Waals surface area contributed by atoms with Crippen molar-refractivity contribution in [3.05, 3.63) is 28.7 Å². The van der Waals surface area contributed by atoms with Crippen molar-refractivity contribution in [2.45, 2.75) is 45.3 Å². The number of benzene rings is 1. The third-order valence-electron chi connectivity index (χ3n) is 3.97.